The standard InChI is InChI=1S/C13H14BrClN2/c1-9(2)6-11-8-13(15)17(16-11)12-5-3-4-10(14)7-12/h3-5,7-9H,6H2,1-2H3. The quantitative estimate of drug-likeness (QED) is 0.816. The molecule has 1 aromatic carbocycles. The minimum Gasteiger partial charge on any atom is -0.222 e. The molecule has 0 saturated heterocycles. The van der Waals surface area contributed by atoms with Crippen molar-refractivity contribution in [3.63, 3.8) is 0 Å². The Morgan fingerprint density at radius 1 is 1.35 bits per heavy atom. The topological polar surface area (TPSA) is 17.8 Å². The Labute approximate surface area is 115 Å². The summed E-state index contributed by atoms with van der Waals surface area (Å²) < 4.78 is 2.79. The van der Waals surface area contributed by atoms with Gasteiger partial charge in [-0.3, -0.25) is 0 Å². The lowest BCUT2D eigenvalue weighted by Gasteiger charge is -2.03. The zero-order chi connectivity index (χ0) is 12.4. The minimum absolute atomic E-state index is 0.580. The maximum atomic E-state index is 6.20. The molecule has 0 atom stereocenters. The maximum Gasteiger partial charge on any atom is 0.133 e. The highest BCUT2D eigenvalue weighted by Crippen LogP contribution is 2.21. The third-order valence-electron chi connectivity index (χ3n) is 2.39. The van der Waals surface area contributed by atoms with Gasteiger partial charge in [0.15, 0.2) is 0 Å². The second-order valence-electron chi connectivity index (χ2n) is 4.45. The molecule has 0 radical (unpaired) electrons. The first kappa shape index (κ1) is 12.7. The van der Waals surface area contributed by atoms with Crippen LogP contribution in [0.25, 0.3) is 5.69 Å². The van der Waals surface area contributed by atoms with Gasteiger partial charge in [-0.1, -0.05) is 47.4 Å². The van der Waals surface area contributed by atoms with Crippen molar-refractivity contribution in [2.45, 2.75) is 20.3 Å². The number of halogens is 2. The molecule has 1 heterocycles. The van der Waals surface area contributed by atoms with Gasteiger partial charge in [-0.25, -0.2) is 4.68 Å². The summed E-state index contributed by atoms with van der Waals surface area (Å²) in [6.45, 7) is 4.35. The molecule has 0 saturated carbocycles. The molecule has 0 aliphatic heterocycles. The minimum atomic E-state index is 0.580. The van der Waals surface area contributed by atoms with Crippen molar-refractivity contribution in [2.24, 2.45) is 5.92 Å². The molecular formula is C13H14BrClN2. The fourth-order valence-electron chi connectivity index (χ4n) is 1.71. The Kier molecular flexibility index (Phi) is 3.89. The first-order valence-electron chi connectivity index (χ1n) is 5.56. The summed E-state index contributed by atoms with van der Waals surface area (Å²) in [7, 11) is 0. The van der Waals surface area contributed by atoms with Gasteiger partial charge >= 0.3 is 0 Å². The highest BCUT2D eigenvalue weighted by molar-refractivity contribution is 9.10. The van der Waals surface area contributed by atoms with Crippen molar-refractivity contribution in [1.82, 2.24) is 9.78 Å². The van der Waals surface area contributed by atoms with Gasteiger partial charge in [0.1, 0.15) is 5.15 Å². The lowest BCUT2D eigenvalue weighted by molar-refractivity contribution is 0.628. The average Bonchev–Trinajstić information content (AvgIpc) is 2.58. The van der Waals surface area contributed by atoms with Gasteiger partial charge in [0.25, 0.3) is 0 Å². The molecule has 0 aliphatic carbocycles. The zero-order valence-corrected chi connectivity index (χ0v) is 12.2. The molecular weight excluding hydrogens is 300 g/mol. The van der Waals surface area contributed by atoms with Crippen molar-refractivity contribution in [2.75, 3.05) is 0 Å². The van der Waals surface area contributed by atoms with Gasteiger partial charge in [-0.05, 0) is 36.6 Å². The summed E-state index contributed by atoms with van der Waals surface area (Å²) in [6, 6.07) is 9.87. The van der Waals surface area contributed by atoms with E-state index in [2.05, 4.69) is 34.9 Å². The third-order valence-corrected chi connectivity index (χ3v) is 3.15. The summed E-state index contributed by atoms with van der Waals surface area (Å²) in [5.41, 5.74) is 2.00. The molecule has 2 rings (SSSR count). The molecule has 0 spiro atoms. The van der Waals surface area contributed by atoms with Crippen LogP contribution in [0.4, 0.5) is 0 Å². The van der Waals surface area contributed by atoms with Gasteiger partial charge in [-0.15, -0.1) is 0 Å². The van der Waals surface area contributed by atoms with E-state index >= 15 is 0 Å². The molecule has 1 aromatic heterocycles. The van der Waals surface area contributed by atoms with Gasteiger partial charge < -0.3 is 0 Å². The van der Waals surface area contributed by atoms with E-state index < -0.39 is 0 Å². The summed E-state index contributed by atoms with van der Waals surface area (Å²) >= 11 is 9.65. The number of hydrogen-bond donors (Lipinski definition) is 0. The molecule has 90 valence electrons. The van der Waals surface area contributed by atoms with Crippen LogP contribution in [0.5, 0.6) is 0 Å². The van der Waals surface area contributed by atoms with Crippen LogP contribution in [-0.4, -0.2) is 9.78 Å². The molecule has 4 heteroatoms. The maximum absolute atomic E-state index is 6.20. The largest absolute Gasteiger partial charge is 0.222 e. The van der Waals surface area contributed by atoms with Crippen LogP contribution in [0, 0.1) is 5.92 Å². The van der Waals surface area contributed by atoms with Gasteiger partial charge in [0.2, 0.25) is 0 Å². The van der Waals surface area contributed by atoms with Crippen molar-refractivity contribution < 1.29 is 0 Å². The van der Waals surface area contributed by atoms with Crippen molar-refractivity contribution in [3.05, 3.63) is 45.7 Å². The third kappa shape index (κ3) is 3.11. The number of aromatic nitrogens is 2. The van der Waals surface area contributed by atoms with E-state index in [1.807, 2.05) is 30.3 Å². The molecule has 0 bridgehead atoms. The van der Waals surface area contributed by atoms with Crippen LogP contribution in [0.2, 0.25) is 5.15 Å². The summed E-state index contributed by atoms with van der Waals surface area (Å²) in [5.74, 6) is 0.580. The number of benzene rings is 1. The Bertz CT molecular complexity index is 520. The first-order chi connectivity index (χ1) is 8.06. The lowest BCUT2D eigenvalue weighted by Crippen LogP contribution is -1.99. The van der Waals surface area contributed by atoms with Crippen LogP contribution in [0.1, 0.15) is 19.5 Å². The number of hydrogen-bond acceptors (Lipinski definition) is 1. The molecule has 0 amide bonds. The van der Waals surface area contributed by atoms with Gasteiger partial charge in [-0.2, -0.15) is 5.10 Å². The number of rotatable bonds is 3. The second kappa shape index (κ2) is 5.23. The van der Waals surface area contributed by atoms with E-state index in [-0.39, 0.29) is 0 Å². The van der Waals surface area contributed by atoms with Crippen LogP contribution in [0.3, 0.4) is 0 Å². The highest BCUT2D eigenvalue weighted by Gasteiger charge is 2.09. The van der Waals surface area contributed by atoms with E-state index in [0.29, 0.717) is 11.1 Å². The Balaban J connectivity index is 2.36. The van der Waals surface area contributed by atoms with E-state index in [1.54, 1.807) is 4.68 Å². The van der Waals surface area contributed by atoms with Gasteiger partial charge in [0, 0.05) is 4.47 Å². The van der Waals surface area contributed by atoms with Crippen LogP contribution >= 0.6 is 27.5 Å². The van der Waals surface area contributed by atoms with Crippen LogP contribution in [-0.2, 0) is 6.42 Å². The Hall–Kier alpha value is -0.800. The Morgan fingerprint density at radius 2 is 2.12 bits per heavy atom. The molecule has 17 heavy (non-hydrogen) atoms. The monoisotopic (exact) mass is 312 g/mol. The van der Waals surface area contributed by atoms with Crippen molar-refractivity contribution in [3.8, 4) is 5.69 Å². The van der Waals surface area contributed by atoms with E-state index in [0.717, 1.165) is 22.3 Å². The van der Waals surface area contributed by atoms with E-state index in [4.69, 9.17) is 11.6 Å². The SMILES string of the molecule is CC(C)Cc1cc(Cl)n(-c2cccc(Br)c2)n1. The smallest absolute Gasteiger partial charge is 0.133 e. The predicted octanol–water partition coefficient (Wildman–Crippen LogP) is 4.49. The normalized spacial score (nSPS) is 11.1. The molecule has 0 aliphatic rings. The fourth-order valence-corrected chi connectivity index (χ4v) is 2.36. The molecule has 0 unspecified atom stereocenters. The summed E-state index contributed by atoms with van der Waals surface area (Å²) in [5, 5.41) is 5.18. The van der Waals surface area contributed by atoms with Gasteiger partial charge in [0.05, 0.1) is 11.4 Å². The van der Waals surface area contributed by atoms with Crippen LogP contribution < -0.4 is 0 Å². The highest BCUT2D eigenvalue weighted by atomic mass is 79.9. The molecule has 0 N–H and O–H groups in total. The van der Waals surface area contributed by atoms with Crippen molar-refractivity contribution in [1.29, 1.82) is 0 Å². The number of nitrogens with zero attached hydrogens (tertiary/aromatic N) is 2. The first-order valence-corrected chi connectivity index (χ1v) is 6.73. The average molecular weight is 314 g/mol. The summed E-state index contributed by atoms with van der Waals surface area (Å²) in [4.78, 5) is 0. The van der Waals surface area contributed by atoms with E-state index in [9.17, 15) is 0 Å². The molecule has 0 fully saturated rings. The molecule has 2 aromatic rings. The summed E-state index contributed by atoms with van der Waals surface area (Å²) in [6.07, 6.45) is 0.945. The fraction of sp³-hybridized carbons (Fsp3) is 0.308. The van der Waals surface area contributed by atoms with Crippen LogP contribution in [0.15, 0.2) is 34.8 Å². The van der Waals surface area contributed by atoms with Crippen molar-refractivity contribution >= 4 is 27.5 Å². The predicted molar refractivity (Wildman–Crippen MR) is 74.8 cm³/mol. The van der Waals surface area contributed by atoms with E-state index in [1.165, 1.54) is 0 Å². The zero-order valence-electron chi connectivity index (χ0n) is 9.82. The Morgan fingerprint density at radius 3 is 2.76 bits per heavy atom. The lowest BCUT2D eigenvalue weighted by atomic mass is 10.1. The molecule has 2 nitrogen and oxygen atoms in total. The second-order valence-corrected chi connectivity index (χ2v) is 5.75.